The van der Waals surface area contributed by atoms with E-state index in [4.69, 9.17) is 0 Å². The molecule has 0 aliphatic heterocycles. The lowest BCUT2D eigenvalue weighted by molar-refractivity contribution is 1.17. The van der Waals surface area contributed by atoms with Crippen LogP contribution >= 0.6 is 0 Å². The molecule has 0 saturated heterocycles. The average Bonchev–Trinajstić information content (AvgIpc) is 3.89. The topological polar surface area (TPSA) is 9.86 Å². The Balaban J connectivity index is 1.16. The summed E-state index contributed by atoms with van der Waals surface area (Å²) >= 11 is 0. The fourth-order valence-corrected chi connectivity index (χ4v) is 15.3. The van der Waals surface area contributed by atoms with Crippen molar-refractivity contribution in [3.05, 3.63) is 255 Å². The molecule has 0 unspecified atom stereocenters. The molecule has 0 N–H and O–H groups in total. The van der Waals surface area contributed by atoms with Gasteiger partial charge in [0, 0.05) is 32.9 Å². The van der Waals surface area contributed by atoms with Crippen LogP contribution in [0.4, 0.5) is 0 Å². The van der Waals surface area contributed by atoms with Crippen LogP contribution in [-0.4, -0.2) is 17.2 Å². The Labute approximate surface area is 368 Å². The first-order valence-corrected chi connectivity index (χ1v) is 23.8. The molecule has 63 heavy (non-hydrogen) atoms. The van der Waals surface area contributed by atoms with Crippen LogP contribution in [0.2, 0.25) is 0 Å². The summed E-state index contributed by atoms with van der Waals surface area (Å²) in [5.74, 6) is 0. The van der Waals surface area contributed by atoms with E-state index in [1.54, 1.807) is 0 Å². The minimum absolute atomic E-state index is 1.14. The van der Waals surface area contributed by atoms with Crippen LogP contribution in [-0.2, 0) is 0 Å². The van der Waals surface area contributed by atoms with Gasteiger partial charge in [0.25, 0.3) is 0 Å². The Bertz CT molecular complexity index is 3440. The smallest absolute Gasteiger partial charge is 0.181 e. The number of benzene rings is 10. The molecule has 2 heterocycles. The molecule has 0 aliphatic carbocycles. The van der Waals surface area contributed by atoms with Crippen molar-refractivity contribution >= 4 is 72.4 Å². The van der Waals surface area contributed by atoms with Crippen molar-refractivity contribution in [1.82, 2.24) is 9.13 Å². The minimum atomic E-state index is -2.92. The van der Waals surface area contributed by atoms with E-state index in [2.05, 4.69) is 264 Å². The first-order valence-electron chi connectivity index (χ1n) is 21.8. The standard InChI is InChI=1S/C60H42N2Si/c1-6-21-43(22-7-1)45-39-46(44-23-8-2-9-24-44)41-48(40-45)61-56-34-18-17-32-53(56)55-42-47(37-38-58(55)61)62-57-35-19-16-31-52(57)54-33-20-36-59(60(54)62)63(49-25-10-3-11-26-49,50-27-12-4-13-28-50)51-29-14-5-15-30-51/h1-42H. The molecule has 0 saturated carbocycles. The van der Waals surface area contributed by atoms with Crippen molar-refractivity contribution < 1.29 is 0 Å². The van der Waals surface area contributed by atoms with E-state index in [0.29, 0.717) is 0 Å². The largest absolute Gasteiger partial charge is 0.309 e. The number of hydrogen-bond donors (Lipinski definition) is 0. The Morgan fingerprint density at radius 1 is 0.254 bits per heavy atom. The Morgan fingerprint density at radius 2 is 0.683 bits per heavy atom. The van der Waals surface area contributed by atoms with E-state index in [-0.39, 0.29) is 0 Å². The van der Waals surface area contributed by atoms with Crippen LogP contribution in [0, 0.1) is 0 Å². The van der Waals surface area contributed by atoms with Gasteiger partial charge in [-0.3, -0.25) is 0 Å². The molecule has 0 spiro atoms. The molecular weight excluding hydrogens is 777 g/mol. The average molecular weight is 819 g/mol. The third-order valence-electron chi connectivity index (χ3n) is 13.0. The van der Waals surface area contributed by atoms with Crippen LogP contribution < -0.4 is 20.7 Å². The normalized spacial score (nSPS) is 11.8. The van der Waals surface area contributed by atoms with Gasteiger partial charge in [-0.1, -0.05) is 206 Å². The molecule has 0 fully saturated rings. The van der Waals surface area contributed by atoms with Crippen molar-refractivity contribution in [2.75, 3.05) is 0 Å². The lowest BCUT2D eigenvalue weighted by atomic mass is 9.98. The van der Waals surface area contributed by atoms with Crippen molar-refractivity contribution in [2.24, 2.45) is 0 Å². The molecule has 10 aromatic carbocycles. The minimum Gasteiger partial charge on any atom is -0.309 e. The zero-order chi connectivity index (χ0) is 41.7. The zero-order valence-electron chi connectivity index (χ0n) is 34.6. The summed E-state index contributed by atoms with van der Waals surface area (Å²) in [5, 5.41) is 10.4. The molecule has 296 valence electrons. The monoisotopic (exact) mass is 818 g/mol. The van der Waals surface area contributed by atoms with Gasteiger partial charge >= 0.3 is 0 Å². The highest BCUT2D eigenvalue weighted by atomic mass is 28.3. The maximum absolute atomic E-state index is 2.92. The molecule has 3 heteroatoms. The molecule has 12 rings (SSSR count). The number of fused-ring (bicyclic) bond motifs is 6. The van der Waals surface area contributed by atoms with Gasteiger partial charge in [0.1, 0.15) is 0 Å². The summed E-state index contributed by atoms with van der Waals surface area (Å²) in [5.41, 5.74) is 11.9. The molecule has 2 aromatic heterocycles. The lowest BCUT2D eigenvalue weighted by Gasteiger charge is -2.35. The summed E-state index contributed by atoms with van der Waals surface area (Å²) in [6.45, 7) is 0. The summed E-state index contributed by atoms with van der Waals surface area (Å²) < 4.78 is 5.02. The molecule has 0 radical (unpaired) electrons. The lowest BCUT2D eigenvalue weighted by Crippen LogP contribution is -2.75. The third-order valence-corrected chi connectivity index (χ3v) is 17.8. The predicted molar refractivity (Wildman–Crippen MR) is 270 cm³/mol. The summed E-state index contributed by atoms with van der Waals surface area (Å²) in [6.07, 6.45) is 0. The Kier molecular flexibility index (Phi) is 8.87. The second-order valence-electron chi connectivity index (χ2n) is 16.5. The van der Waals surface area contributed by atoms with Crippen LogP contribution in [0.25, 0.3) is 77.2 Å². The van der Waals surface area contributed by atoms with Crippen molar-refractivity contribution in [1.29, 1.82) is 0 Å². The molecule has 0 bridgehead atoms. The maximum Gasteiger partial charge on any atom is 0.181 e. The van der Waals surface area contributed by atoms with Crippen molar-refractivity contribution in [2.45, 2.75) is 0 Å². The van der Waals surface area contributed by atoms with Gasteiger partial charge in [-0.25, -0.2) is 0 Å². The maximum atomic E-state index is 2.56. The van der Waals surface area contributed by atoms with E-state index >= 15 is 0 Å². The van der Waals surface area contributed by atoms with E-state index in [9.17, 15) is 0 Å². The van der Waals surface area contributed by atoms with Gasteiger partial charge in [0.15, 0.2) is 8.07 Å². The zero-order valence-corrected chi connectivity index (χ0v) is 35.6. The number of nitrogens with zero attached hydrogens (tertiary/aromatic N) is 2. The highest BCUT2D eigenvalue weighted by Crippen LogP contribution is 2.39. The van der Waals surface area contributed by atoms with Crippen LogP contribution in [0.5, 0.6) is 0 Å². The fourth-order valence-electron chi connectivity index (χ4n) is 10.3. The number of rotatable bonds is 8. The molecule has 12 aromatic rings. The first-order chi connectivity index (χ1) is 31.3. The van der Waals surface area contributed by atoms with Gasteiger partial charge in [0.2, 0.25) is 0 Å². The third kappa shape index (κ3) is 5.93. The second-order valence-corrected chi connectivity index (χ2v) is 20.2. The predicted octanol–water partition coefficient (Wildman–Crippen LogP) is 12.6. The molecule has 0 atom stereocenters. The first kappa shape index (κ1) is 36.8. The summed E-state index contributed by atoms with van der Waals surface area (Å²) in [4.78, 5) is 0. The van der Waals surface area contributed by atoms with Crippen LogP contribution in [0.1, 0.15) is 0 Å². The van der Waals surface area contributed by atoms with Crippen molar-refractivity contribution in [3.8, 4) is 33.6 Å². The Hall–Kier alpha value is -7.98. The Morgan fingerprint density at radius 3 is 1.22 bits per heavy atom. The SMILES string of the molecule is c1ccc(-c2cc(-c3ccccc3)cc(-n3c4ccccc4c4cc(-n5c6ccccc6c6cccc([Si](c7ccccc7)(c7ccccc7)c7ccccc7)c65)ccc43)c2)cc1. The fraction of sp³-hybridized carbons (Fsp3) is 0. The highest BCUT2D eigenvalue weighted by Gasteiger charge is 2.43. The summed E-state index contributed by atoms with van der Waals surface area (Å²) in [7, 11) is -2.92. The van der Waals surface area contributed by atoms with Gasteiger partial charge < -0.3 is 9.13 Å². The van der Waals surface area contributed by atoms with Gasteiger partial charge in [-0.15, -0.1) is 0 Å². The number of para-hydroxylation sites is 3. The van der Waals surface area contributed by atoms with E-state index in [1.165, 1.54) is 86.6 Å². The van der Waals surface area contributed by atoms with Gasteiger partial charge in [0.05, 0.1) is 22.1 Å². The van der Waals surface area contributed by atoms with Gasteiger partial charge in [-0.2, -0.15) is 0 Å². The van der Waals surface area contributed by atoms with Crippen molar-refractivity contribution in [3.63, 3.8) is 0 Å². The summed E-state index contributed by atoms with van der Waals surface area (Å²) in [6, 6.07) is 94.3. The van der Waals surface area contributed by atoms with E-state index in [0.717, 1.165) is 11.4 Å². The van der Waals surface area contributed by atoms with E-state index in [1.807, 2.05) is 0 Å². The second kappa shape index (κ2) is 15.2. The van der Waals surface area contributed by atoms with Crippen LogP contribution in [0.15, 0.2) is 255 Å². The molecule has 2 nitrogen and oxygen atoms in total. The number of hydrogen-bond acceptors (Lipinski definition) is 0. The van der Waals surface area contributed by atoms with E-state index < -0.39 is 8.07 Å². The highest BCUT2D eigenvalue weighted by molar-refractivity contribution is 7.20. The number of aromatic nitrogens is 2. The van der Waals surface area contributed by atoms with Gasteiger partial charge in [-0.05, 0) is 91.5 Å². The molecule has 0 amide bonds. The van der Waals surface area contributed by atoms with Crippen LogP contribution in [0.3, 0.4) is 0 Å². The molecule has 0 aliphatic rings. The quantitative estimate of drug-likeness (QED) is 0.107. The molecular formula is C60H42N2Si.